The van der Waals surface area contributed by atoms with E-state index in [0.29, 0.717) is 0 Å². The number of rotatable bonds is 2. The number of urea groups is 1. The molecule has 5 heteroatoms. The second-order valence-electron chi connectivity index (χ2n) is 1.56. The second-order valence-corrected chi connectivity index (χ2v) is 1.56. The fraction of sp³-hybridized carbons (Fsp3) is 0.667. The van der Waals surface area contributed by atoms with Crippen molar-refractivity contribution in [3.63, 3.8) is 0 Å². The summed E-state index contributed by atoms with van der Waals surface area (Å²) in [5, 5.41) is 12.3. The van der Waals surface area contributed by atoms with E-state index >= 15 is 0 Å². The minimum Gasteiger partial charge on any atom is -0.351 e. The second kappa shape index (κ2) is 11.5. The van der Waals surface area contributed by atoms with Crippen LogP contribution in [-0.2, 0) is 0 Å². The summed E-state index contributed by atoms with van der Waals surface area (Å²) < 4.78 is 0. The van der Waals surface area contributed by atoms with Gasteiger partial charge >= 0.3 is 6.03 Å². The van der Waals surface area contributed by atoms with Gasteiger partial charge in [0.25, 0.3) is 0 Å². The number of nitriles is 1. The lowest BCUT2D eigenvalue weighted by atomic mass is 10.7. The fourth-order valence-electron chi connectivity index (χ4n) is 0.305. The van der Waals surface area contributed by atoms with Crippen LogP contribution in [0.3, 0.4) is 0 Å². The minimum atomic E-state index is -0.822. The minimum absolute atomic E-state index is 0.822. The van der Waals surface area contributed by atoms with Crippen molar-refractivity contribution < 1.29 is 4.79 Å². The number of primary amides is 1. The van der Waals surface area contributed by atoms with Gasteiger partial charge in [0.05, 0.1) is 0 Å². The summed E-state index contributed by atoms with van der Waals surface area (Å²) in [7, 11) is 0. The monoisotopic (exact) mass is 158 g/mol. The normalized spacial score (nSPS) is 7.00. The molecule has 11 heavy (non-hydrogen) atoms. The zero-order valence-electron chi connectivity index (χ0n) is 6.85. The van der Waals surface area contributed by atoms with Crippen molar-refractivity contribution in [3.8, 4) is 6.19 Å². The summed E-state index contributed by atoms with van der Waals surface area (Å²) in [4.78, 5) is 9.49. The SMILES string of the molecule is CCNCC.N#CNC(N)=O. The van der Waals surface area contributed by atoms with E-state index < -0.39 is 6.03 Å². The molecule has 2 amide bonds. The van der Waals surface area contributed by atoms with Gasteiger partial charge in [-0.3, -0.25) is 0 Å². The number of carbonyl (C=O) groups is 1. The number of nitrogens with one attached hydrogen (secondary N) is 2. The third kappa shape index (κ3) is 28.5. The van der Waals surface area contributed by atoms with Gasteiger partial charge in [-0.15, -0.1) is 0 Å². The van der Waals surface area contributed by atoms with Crippen LogP contribution in [0.4, 0.5) is 4.79 Å². The maximum Gasteiger partial charge on any atom is 0.325 e. The molecule has 4 N–H and O–H groups in total. The number of amides is 2. The Hall–Kier alpha value is -1.28. The van der Waals surface area contributed by atoms with Crippen LogP contribution >= 0.6 is 0 Å². The first kappa shape index (κ1) is 12.4. The molecule has 0 atom stereocenters. The lowest BCUT2D eigenvalue weighted by molar-refractivity contribution is 0.252. The highest BCUT2D eigenvalue weighted by Gasteiger charge is 1.79. The van der Waals surface area contributed by atoms with Crippen LogP contribution in [0, 0.1) is 11.5 Å². The summed E-state index contributed by atoms with van der Waals surface area (Å²) in [6.07, 6.45) is 1.34. The zero-order chi connectivity index (χ0) is 9.11. The molecule has 0 aromatic carbocycles. The van der Waals surface area contributed by atoms with E-state index in [1.165, 1.54) is 6.19 Å². The van der Waals surface area contributed by atoms with Crippen molar-refractivity contribution >= 4 is 6.03 Å². The summed E-state index contributed by atoms with van der Waals surface area (Å²) in [6, 6.07) is -0.822. The standard InChI is InChI=1S/C4H11N.C2H3N3O/c1-3-5-4-2;3-1-5-2(4)6/h5H,3-4H2,1-2H3;(H3,4,5,6). The van der Waals surface area contributed by atoms with Gasteiger partial charge in [-0.05, 0) is 13.1 Å². The van der Waals surface area contributed by atoms with E-state index in [-0.39, 0.29) is 0 Å². The maximum atomic E-state index is 9.49. The number of hydrogen-bond donors (Lipinski definition) is 3. The van der Waals surface area contributed by atoms with Crippen molar-refractivity contribution in [3.05, 3.63) is 0 Å². The Morgan fingerprint density at radius 2 is 2.00 bits per heavy atom. The van der Waals surface area contributed by atoms with E-state index in [2.05, 4.69) is 24.9 Å². The Bertz CT molecular complexity index is 127. The summed E-state index contributed by atoms with van der Waals surface area (Å²) >= 11 is 0. The quantitative estimate of drug-likeness (QED) is 0.382. The lowest BCUT2D eigenvalue weighted by Crippen LogP contribution is -2.24. The molecule has 0 rings (SSSR count). The van der Waals surface area contributed by atoms with Gasteiger partial charge in [0, 0.05) is 0 Å². The molecule has 0 aromatic rings. The highest BCUT2D eigenvalue weighted by atomic mass is 16.2. The van der Waals surface area contributed by atoms with Gasteiger partial charge in [-0.2, -0.15) is 5.26 Å². The van der Waals surface area contributed by atoms with Crippen LogP contribution in [0.5, 0.6) is 0 Å². The van der Waals surface area contributed by atoms with E-state index in [4.69, 9.17) is 5.26 Å². The maximum absolute atomic E-state index is 9.49. The number of hydrogen-bond acceptors (Lipinski definition) is 3. The molecule has 64 valence electrons. The summed E-state index contributed by atoms with van der Waals surface area (Å²) in [5.74, 6) is 0. The van der Waals surface area contributed by atoms with Crippen LogP contribution < -0.4 is 16.4 Å². The molecule has 0 aliphatic heterocycles. The van der Waals surface area contributed by atoms with Crippen molar-refractivity contribution in [2.24, 2.45) is 5.73 Å². The van der Waals surface area contributed by atoms with Crippen LogP contribution in [0.25, 0.3) is 0 Å². The van der Waals surface area contributed by atoms with E-state index in [0.717, 1.165) is 13.1 Å². The number of nitrogens with zero attached hydrogens (tertiary/aromatic N) is 1. The van der Waals surface area contributed by atoms with Gasteiger partial charge in [0.1, 0.15) is 0 Å². The van der Waals surface area contributed by atoms with Gasteiger partial charge in [-0.25, -0.2) is 10.1 Å². The molecule has 0 heterocycles. The highest BCUT2D eigenvalue weighted by molar-refractivity contribution is 5.73. The fourth-order valence-corrected chi connectivity index (χ4v) is 0.305. The molecule has 0 bridgehead atoms. The van der Waals surface area contributed by atoms with E-state index in [9.17, 15) is 4.79 Å². The average molecular weight is 158 g/mol. The third-order valence-corrected chi connectivity index (χ3v) is 0.679. The Morgan fingerprint density at radius 3 is 2.00 bits per heavy atom. The molecule has 0 fully saturated rings. The van der Waals surface area contributed by atoms with Crippen molar-refractivity contribution in [2.45, 2.75) is 13.8 Å². The Labute approximate surface area is 66.6 Å². The first-order chi connectivity index (χ1) is 5.18. The average Bonchev–Trinajstić information content (AvgIpc) is 1.90. The molecule has 0 aliphatic carbocycles. The van der Waals surface area contributed by atoms with Gasteiger partial charge in [-0.1, -0.05) is 13.8 Å². The predicted molar refractivity (Wildman–Crippen MR) is 42.5 cm³/mol. The molecule has 0 aromatic heterocycles. The van der Waals surface area contributed by atoms with Gasteiger partial charge in [0.2, 0.25) is 0 Å². The molecular weight excluding hydrogens is 144 g/mol. The number of carbonyl (C=O) groups excluding carboxylic acids is 1. The summed E-state index contributed by atoms with van der Waals surface area (Å²) in [6.45, 7) is 6.39. The van der Waals surface area contributed by atoms with E-state index in [1.807, 2.05) is 0 Å². The molecule has 5 nitrogen and oxygen atoms in total. The van der Waals surface area contributed by atoms with Crippen molar-refractivity contribution in [2.75, 3.05) is 13.1 Å². The molecule has 0 radical (unpaired) electrons. The highest BCUT2D eigenvalue weighted by Crippen LogP contribution is 1.47. The molecular formula is C6H14N4O. The van der Waals surface area contributed by atoms with Crippen LogP contribution in [-0.4, -0.2) is 19.1 Å². The van der Waals surface area contributed by atoms with Crippen LogP contribution in [0.1, 0.15) is 13.8 Å². The van der Waals surface area contributed by atoms with Crippen molar-refractivity contribution in [1.29, 1.82) is 5.26 Å². The number of nitrogens with two attached hydrogens (primary N) is 1. The largest absolute Gasteiger partial charge is 0.351 e. The molecule has 0 unspecified atom stereocenters. The third-order valence-electron chi connectivity index (χ3n) is 0.679. The smallest absolute Gasteiger partial charge is 0.325 e. The first-order valence-corrected chi connectivity index (χ1v) is 3.34. The molecule has 0 spiro atoms. The lowest BCUT2D eigenvalue weighted by Gasteiger charge is -1.86. The molecule has 0 saturated carbocycles. The Balaban J connectivity index is 0. The van der Waals surface area contributed by atoms with Crippen LogP contribution in [0.15, 0.2) is 0 Å². The first-order valence-electron chi connectivity index (χ1n) is 3.34. The zero-order valence-corrected chi connectivity index (χ0v) is 6.85. The van der Waals surface area contributed by atoms with Gasteiger partial charge < -0.3 is 11.1 Å². The van der Waals surface area contributed by atoms with E-state index in [1.54, 1.807) is 5.32 Å². The van der Waals surface area contributed by atoms with Crippen molar-refractivity contribution in [1.82, 2.24) is 10.6 Å². The predicted octanol–water partition coefficient (Wildman–Crippen LogP) is -0.248. The summed E-state index contributed by atoms with van der Waals surface area (Å²) in [5.41, 5.74) is 4.43. The Kier molecular flexibility index (Phi) is 13.0. The molecule has 0 saturated heterocycles. The topological polar surface area (TPSA) is 90.9 Å². The van der Waals surface area contributed by atoms with Crippen LogP contribution in [0.2, 0.25) is 0 Å². The Morgan fingerprint density at radius 1 is 1.55 bits per heavy atom. The van der Waals surface area contributed by atoms with Gasteiger partial charge in [0.15, 0.2) is 6.19 Å². The molecule has 0 aliphatic rings.